The molecule has 0 aliphatic carbocycles. The molecule has 0 saturated carbocycles. The van der Waals surface area contributed by atoms with Crippen molar-refractivity contribution in [3.8, 4) is 0 Å². The molecule has 5 heteroatoms. The highest BCUT2D eigenvalue weighted by Gasteiger charge is 2.11. The van der Waals surface area contributed by atoms with Gasteiger partial charge in [0.25, 0.3) is 0 Å². The van der Waals surface area contributed by atoms with Gasteiger partial charge in [-0.15, -0.1) is 0 Å². The summed E-state index contributed by atoms with van der Waals surface area (Å²) in [5, 5.41) is 9.97. The first kappa shape index (κ1) is 13.1. The molecule has 1 N–H and O–H groups in total. The van der Waals surface area contributed by atoms with E-state index in [9.17, 15) is 9.50 Å². The normalized spacial score (nSPS) is 11.1. The average molecular weight is 288 g/mol. The fraction of sp³-hybridized carbons (Fsp3) is 0.133. The van der Waals surface area contributed by atoms with E-state index in [1.165, 1.54) is 23.9 Å². The second kappa shape index (κ2) is 5.64. The van der Waals surface area contributed by atoms with Gasteiger partial charge in [0.15, 0.2) is 5.16 Å². The van der Waals surface area contributed by atoms with Crippen LogP contribution < -0.4 is 0 Å². The van der Waals surface area contributed by atoms with Gasteiger partial charge in [-0.05, 0) is 30.3 Å². The van der Waals surface area contributed by atoms with Gasteiger partial charge in [0.2, 0.25) is 0 Å². The van der Waals surface area contributed by atoms with Crippen LogP contribution in [0.5, 0.6) is 0 Å². The summed E-state index contributed by atoms with van der Waals surface area (Å²) in [5.74, 6) is -0.264. The number of aromatic nitrogens is 2. The Morgan fingerprint density at radius 2 is 2.00 bits per heavy atom. The molecule has 3 rings (SSSR count). The lowest BCUT2D eigenvalue weighted by Crippen LogP contribution is -2.03. The molecule has 1 aromatic heterocycles. The molecule has 20 heavy (non-hydrogen) atoms. The van der Waals surface area contributed by atoms with Crippen LogP contribution in [0.2, 0.25) is 0 Å². The van der Waals surface area contributed by atoms with Crippen molar-refractivity contribution in [2.75, 3.05) is 6.61 Å². The molecule has 0 aliphatic rings. The van der Waals surface area contributed by atoms with Crippen LogP contribution in [0.3, 0.4) is 0 Å². The van der Waals surface area contributed by atoms with Crippen molar-refractivity contribution in [1.29, 1.82) is 0 Å². The van der Waals surface area contributed by atoms with Crippen LogP contribution in [0, 0.1) is 5.82 Å². The van der Waals surface area contributed by atoms with Crippen LogP contribution in [-0.2, 0) is 6.54 Å². The number of aliphatic hydroxyl groups excluding tert-OH is 1. The number of fused-ring (bicyclic) bond motifs is 1. The highest BCUT2D eigenvalue weighted by atomic mass is 32.2. The zero-order chi connectivity index (χ0) is 13.9. The van der Waals surface area contributed by atoms with E-state index in [0.717, 1.165) is 21.1 Å². The smallest absolute Gasteiger partial charge is 0.174 e. The van der Waals surface area contributed by atoms with Crippen molar-refractivity contribution in [2.45, 2.75) is 16.6 Å². The molecule has 3 nitrogen and oxygen atoms in total. The van der Waals surface area contributed by atoms with E-state index in [4.69, 9.17) is 0 Å². The van der Waals surface area contributed by atoms with E-state index < -0.39 is 0 Å². The van der Waals surface area contributed by atoms with Crippen molar-refractivity contribution >= 4 is 22.8 Å². The van der Waals surface area contributed by atoms with Crippen molar-refractivity contribution in [3.63, 3.8) is 0 Å². The first-order valence-electron chi connectivity index (χ1n) is 6.27. The van der Waals surface area contributed by atoms with Gasteiger partial charge in [0.1, 0.15) is 5.82 Å². The first-order valence-corrected chi connectivity index (χ1v) is 7.09. The third kappa shape index (κ3) is 2.55. The second-order valence-electron chi connectivity index (χ2n) is 4.32. The number of imidazole rings is 1. The molecule has 102 valence electrons. The Bertz CT molecular complexity index is 742. The number of hydrogen-bond acceptors (Lipinski definition) is 3. The van der Waals surface area contributed by atoms with Gasteiger partial charge in [-0.2, -0.15) is 0 Å². The summed E-state index contributed by atoms with van der Waals surface area (Å²) in [6.45, 7) is 0.509. The van der Waals surface area contributed by atoms with Crippen molar-refractivity contribution in [1.82, 2.24) is 9.55 Å². The maximum absolute atomic E-state index is 13.2. The van der Waals surface area contributed by atoms with Crippen LogP contribution in [0.25, 0.3) is 11.0 Å². The van der Waals surface area contributed by atoms with Gasteiger partial charge in [0.05, 0.1) is 17.6 Å². The lowest BCUT2D eigenvalue weighted by molar-refractivity contribution is 0.273. The maximum Gasteiger partial charge on any atom is 0.174 e. The van der Waals surface area contributed by atoms with Gasteiger partial charge >= 0.3 is 0 Å². The molecule has 0 aliphatic heterocycles. The Morgan fingerprint density at radius 1 is 1.15 bits per heavy atom. The molecule has 0 fully saturated rings. The zero-order valence-electron chi connectivity index (χ0n) is 10.7. The Morgan fingerprint density at radius 3 is 2.80 bits per heavy atom. The SMILES string of the molecule is OCCn1c(Sc2cccc(F)c2)nc2ccccc21. The van der Waals surface area contributed by atoms with E-state index in [2.05, 4.69) is 4.98 Å². The molecule has 3 aromatic rings. The standard InChI is InChI=1S/C15H13FN2OS/c16-11-4-3-5-12(10-11)20-15-17-13-6-1-2-7-14(13)18(15)8-9-19/h1-7,10,19H,8-9H2. The fourth-order valence-electron chi connectivity index (χ4n) is 2.08. The predicted octanol–water partition coefficient (Wildman–Crippen LogP) is 3.32. The molecular formula is C15H13FN2OS. The third-order valence-electron chi connectivity index (χ3n) is 2.95. The molecule has 0 atom stereocenters. The van der Waals surface area contributed by atoms with E-state index in [-0.39, 0.29) is 12.4 Å². The summed E-state index contributed by atoms with van der Waals surface area (Å²) < 4.78 is 15.2. The summed E-state index contributed by atoms with van der Waals surface area (Å²) in [6, 6.07) is 14.2. The Hall–Kier alpha value is -1.85. The lowest BCUT2D eigenvalue weighted by Gasteiger charge is -2.06. The molecule has 0 amide bonds. The van der Waals surface area contributed by atoms with Gasteiger partial charge in [-0.25, -0.2) is 9.37 Å². The average Bonchev–Trinajstić information content (AvgIpc) is 2.77. The van der Waals surface area contributed by atoms with Crippen molar-refractivity contribution < 1.29 is 9.50 Å². The molecule has 0 spiro atoms. The Kier molecular flexibility index (Phi) is 3.71. The molecular weight excluding hydrogens is 275 g/mol. The fourth-order valence-corrected chi connectivity index (χ4v) is 3.06. The van der Waals surface area contributed by atoms with Crippen LogP contribution in [0.15, 0.2) is 58.6 Å². The lowest BCUT2D eigenvalue weighted by atomic mass is 10.3. The highest BCUT2D eigenvalue weighted by molar-refractivity contribution is 7.99. The number of halogens is 1. The number of para-hydroxylation sites is 2. The molecule has 0 unspecified atom stereocenters. The summed E-state index contributed by atoms with van der Waals surface area (Å²) in [6.07, 6.45) is 0. The van der Waals surface area contributed by atoms with Crippen molar-refractivity contribution in [2.24, 2.45) is 0 Å². The molecule has 0 saturated heterocycles. The van der Waals surface area contributed by atoms with E-state index in [1.807, 2.05) is 34.9 Å². The van der Waals surface area contributed by atoms with Crippen LogP contribution >= 0.6 is 11.8 Å². The number of aliphatic hydroxyl groups is 1. The third-order valence-corrected chi connectivity index (χ3v) is 3.93. The first-order chi connectivity index (χ1) is 9.78. The molecule has 1 heterocycles. The largest absolute Gasteiger partial charge is 0.395 e. The van der Waals surface area contributed by atoms with Gasteiger partial charge < -0.3 is 9.67 Å². The zero-order valence-corrected chi connectivity index (χ0v) is 11.5. The number of nitrogens with zero attached hydrogens (tertiary/aromatic N) is 2. The second-order valence-corrected chi connectivity index (χ2v) is 5.36. The monoisotopic (exact) mass is 288 g/mol. The van der Waals surface area contributed by atoms with Crippen LogP contribution in [0.1, 0.15) is 0 Å². The Labute approximate surface area is 120 Å². The summed E-state index contributed by atoms with van der Waals surface area (Å²) >= 11 is 1.39. The Balaban J connectivity index is 2.04. The maximum atomic E-state index is 13.2. The minimum absolute atomic E-state index is 0.0388. The quantitative estimate of drug-likeness (QED) is 0.800. The minimum Gasteiger partial charge on any atom is -0.395 e. The minimum atomic E-state index is -0.264. The van der Waals surface area contributed by atoms with E-state index in [0.29, 0.717) is 6.54 Å². The molecule has 0 radical (unpaired) electrons. The topological polar surface area (TPSA) is 38.0 Å². The number of rotatable bonds is 4. The molecule has 0 bridgehead atoms. The summed E-state index contributed by atoms with van der Waals surface area (Å²) in [7, 11) is 0. The van der Waals surface area contributed by atoms with E-state index in [1.54, 1.807) is 6.07 Å². The summed E-state index contributed by atoms with van der Waals surface area (Å²) in [5.41, 5.74) is 1.85. The summed E-state index contributed by atoms with van der Waals surface area (Å²) in [4.78, 5) is 5.34. The molecule has 2 aromatic carbocycles. The van der Waals surface area contributed by atoms with Crippen LogP contribution in [0.4, 0.5) is 4.39 Å². The van der Waals surface area contributed by atoms with Crippen molar-refractivity contribution in [3.05, 3.63) is 54.3 Å². The van der Waals surface area contributed by atoms with E-state index >= 15 is 0 Å². The predicted molar refractivity (Wildman–Crippen MR) is 77.3 cm³/mol. The number of benzene rings is 2. The number of hydrogen-bond donors (Lipinski definition) is 1. The highest BCUT2D eigenvalue weighted by Crippen LogP contribution is 2.30. The van der Waals surface area contributed by atoms with Gasteiger partial charge in [-0.3, -0.25) is 0 Å². The van der Waals surface area contributed by atoms with Gasteiger partial charge in [-0.1, -0.05) is 30.0 Å². The van der Waals surface area contributed by atoms with Gasteiger partial charge in [0, 0.05) is 11.4 Å². The van der Waals surface area contributed by atoms with Crippen LogP contribution in [-0.4, -0.2) is 21.3 Å².